The predicted octanol–water partition coefficient (Wildman–Crippen LogP) is 2.28. The number of rotatable bonds is 7. The summed E-state index contributed by atoms with van der Waals surface area (Å²) in [5, 5.41) is 15.1. The van der Waals surface area contributed by atoms with Crippen LogP contribution in [-0.4, -0.2) is 65.0 Å². The van der Waals surface area contributed by atoms with Crippen LogP contribution in [0.5, 0.6) is 0 Å². The SMILES string of the molecule is CC1=C(c2c[nH]n(-c3ccc(C(=O)NCCCN4CCOCC4)cn3)c2=O)C=CC(C#N)CC1. The van der Waals surface area contributed by atoms with Crippen LogP contribution < -0.4 is 10.9 Å². The van der Waals surface area contributed by atoms with E-state index < -0.39 is 0 Å². The van der Waals surface area contributed by atoms with Gasteiger partial charge in [-0.25, -0.2) is 9.67 Å². The van der Waals surface area contributed by atoms with Gasteiger partial charge in [-0.3, -0.25) is 19.6 Å². The summed E-state index contributed by atoms with van der Waals surface area (Å²) < 4.78 is 6.70. The maximum atomic E-state index is 13.1. The van der Waals surface area contributed by atoms with Gasteiger partial charge >= 0.3 is 0 Å². The van der Waals surface area contributed by atoms with E-state index in [9.17, 15) is 14.9 Å². The van der Waals surface area contributed by atoms with Crippen molar-refractivity contribution < 1.29 is 9.53 Å². The summed E-state index contributed by atoms with van der Waals surface area (Å²) in [5.41, 5.74) is 2.68. The first-order chi connectivity index (χ1) is 16.6. The molecule has 2 aliphatic rings. The van der Waals surface area contributed by atoms with E-state index in [-0.39, 0.29) is 17.4 Å². The third-order valence-electron chi connectivity index (χ3n) is 6.29. The summed E-state index contributed by atoms with van der Waals surface area (Å²) in [6.07, 6.45) is 9.25. The molecule has 1 saturated heterocycles. The third kappa shape index (κ3) is 5.53. The number of carbonyl (C=O) groups is 1. The Bertz CT molecular complexity index is 1160. The highest BCUT2D eigenvalue weighted by atomic mass is 16.5. The van der Waals surface area contributed by atoms with Crippen LogP contribution >= 0.6 is 0 Å². The molecule has 178 valence electrons. The zero-order chi connectivity index (χ0) is 23.9. The van der Waals surface area contributed by atoms with E-state index in [0.29, 0.717) is 23.5 Å². The molecule has 1 amide bonds. The Morgan fingerprint density at radius 2 is 2.18 bits per heavy atom. The quantitative estimate of drug-likeness (QED) is 0.610. The molecule has 0 radical (unpaired) electrons. The summed E-state index contributed by atoms with van der Waals surface area (Å²) in [6, 6.07) is 5.59. The topological polar surface area (TPSA) is 116 Å². The van der Waals surface area contributed by atoms with E-state index in [0.717, 1.165) is 63.3 Å². The Labute approximate surface area is 198 Å². The second-order valence-corrected chi connectivity index (χ2v) is 8.62. The fourth-order valence-corrected chi connectivity index (χ4v) is 4.20. The molecule has 1 fully saturated rings. The van der Waals surface area contributed by atoms with E-state index in [4.69, 9.17) is 4.74 Å². The Morgan fingerprint density at radius 3 is 2.91 bits per heavy atom. The lowest BCUT2D eigenvalue weighted by Crippen LogP contribution is -2.38. The smallest absolute Gasteiger partial charge is 0.280 e. The molecule has 2 N–H and O–H groups in total. The molecule has 0 bridgehead atoms. The van der Waals surface area contributed by atoms with Crippen LogP contribution in [0.3, 0.4) is 0 Å². The second kappa shape index (κ2) is 11.1. The molecule has 1 aliphatic heterocycles. The Kier molecular flexibility index (Phi) is 7.72. The minimum Gasteiger partial charge on any atom is -0.379 e. The van der Waals surface area contributed by atoms with Gasteiger partial charge in [-0.1, -0.05) is 17.7 Å². The van der Waals surface area contributed by atoms with E-state index >= 15 is 0 Å². The van der Waals surface area contributed by atoms with Gasteiger partial charge in [0.05, 0.1) is 36.3 Å². The van der Waals surface area contributed by atoms with Gasteiger partial charge in [0.1, 0.15) is 0 Å². The Morgan fingerprint density at radius 1 is 1.35 bits per heavy atom. The lowest BCUT2D eigenvalue weighted by molar-refractivity contribution is 0.0374. The van der Waals surface area contributed by atoms with Crippen molar-refractivity contribution in [1.82, 2.24) is 25.0 Å². The molecular weight excluding hydrogens is 432 g/mol. The molecule has 0 saturated carbocycles. The molecule has 9 heteroatoms. The summed E-state index contributed by atoms with van der Waals surface area (Å²) >= 11 is 0. The molecule has 2 aromatic heterocycles. The lowest BCUT2D eigenvalue weighted by atomic mass is 10.0. The normalized spacial score (nSPS) is 19.0. The van der Waals surface area contributed by atoms with Gasteiger partial charge in [-0.2, -0.15) is 5.26 Å². The van der Waals surface area contributed by atoms with E-state index in [1.165, 1.54) is 10.9 Å². The van der Waals surface area contributed by atoms with Crippen LogP contribution in [0.1, 0.15) is 42.1 Å². The molecule has 3 heterocycles. The number of amides is 1. The number of pyridine rings is 1. The monoisotopic (exact) mass is 462 g/mol. The summed E-state index contributed by atoms with van der Waals surface area (Å²) in [7, 11) is 0. The van der Waals surface area contributed by atoms with E-state index in [1.54, 1.807) is 18.3 Å². The van der Waals surface area contributed by atoms with Crippen molar-refractivity contribution in [2.45, 2.75) is 26.2 Å². The van der Waals surface area contributed by atoms with Gasteiger partial charge in [0.15, 0.2) is 5.82 Å². The third-order valence-corrected chi connectivity index (χ3v) is 6.29. The molecule has 4 rings (SSSR count). The van der Waals surface area contributed by atoms with Crippen molar-refractivity contribution in [2.75, 3.05) is 39.4 Å². The largest absolute Gasteiger partial charge is 0.379 e. The minimum absolute atomic E-state index is 0.145. The lowest BCUT2D eigenvalue weighted by Gasteiger charge is -2.26. The average molecular weight is 463 g/mol. The number of allylic oxidation sites excluding steroid dienone is 4. The maximum absolute atomic E-state index is 13.1. The summed E-state index contributed by atoms with van der Waals surface area (Å²) in [6.45, 7) is 6.92. The summed E-state index contributed by atoms with van der Waals surface area (Å²) in [4.78, 5) is 32.2. The highest BCUT2D eigenvalue weighted by Crippen LogP contribution is 2.27. The molecule has 9 nitrogen and oxygen atoms in total. The number of aromatic nitrogens is 3. The second-order valence-electron chi connectivity index (χ2n) is 8.62. The van der Waals surface area contributed by atoms with Crippen molar-refractivity contribution in [3.05, 3.63) is 63.7 Å². The van der Waals surface area contributed by atoms with Crippen LogP contribution in [0.2, 0.25) is 0 Å². The van der Waals surface area contributed by atoms with Crippen molar-refractivity contribution in [1.29, 1.82) is 5.26 Å². The number of nitrogens with one attached hydrogen (secondary N) is 2. The summed E-state index contributed by atoms with van der Waals surface area (Å²) in [5.74, 6) is 0.0798. The Hall–Kier alpha value is -3.48. The average Bonchev–Trinajstić information content (AvgIpc) is 3.14. The zero-order valence-corrected chi connectivity index (χ0v) is 19.4. The van der Waals surface area contributed by atoms with Crippen LogP contribution in [0.15, 0.2) is 47.0 Å². The van der Waals surface area contributed by atoms with Gasteiger partial charge in [0.2, 0.25) is 0 Å². The molecule has 1 atom stereocenters. The molecular formula is C25H30N6O3. The number of hydrogen-bond acceptors (Lipinski definition) is 6. The van der Waals surface area contributed by atoms with Crippen LogP contribution in [0.25, 0.3) is 11.4 Å². The van der Waals surface area contributed by atoms with Gasteiger partial charge in [-0.05, 0) is 50.4 Å². The molecule has 1 aliphatic carbocycles. The fourth-order valence-electron chi connectivity index (χ4n) is 4.20. The molecule has 2 aromatic rings. The van der Waals surface area contributed by atoms with Crippen LogP contribution in [-0.2, 0) is 4.74 Å². The number of hydrogen-bond donors (Lipinski definition) is 2. The maximum Gasteiger partial charge on any atom is 0.280 e. The Balaban J connectivity index is 1.38. The molecule has 0 aromatic carbocycles. The highest BCUT2D eigenvalue weighted by molar-refractivity contribution is 5.93. The first kappa shape index (κ1) is 23.7. The molecule has 34 heavy (non-hydrogen) atoms. The number of carbonyl (C=O) groups excluding carboxylic acids is 1. The fraction of sp³-hybridized carbons (Fsp3) is 0.440. The van der Waals surface area contributed by atoms with Crippen molar-refractivity contribution in [3.63, 3.8) is 0 Å². The van der Waals surface area contributed by atoms with Gasteiger partial charge in [-0.15, -0.1) is 0 Å². The number of aromatic amines is 1. The number of nitriles is 1. The first-order valence-corrected chi connectivity index (χ1v) is 11.7. The number of H-pyrrole nitrogens is 1. The van der Waals surface area contributed by atoms with Crippen LogP contribution in [0.4, 0.5) is 0 Å². The van der Waals surface area contributed by atoms with Gasteiger partial charge in [0.25, 0.3) is 11.5 Å². The van der Waals surface area contributed by atoms with E-state index in [2.05, 4.69) is 26.4 Å². The van der Waals surface area contributed by atoms with Gasteiger partial charge < -0.3 is 10.1 Å². The van der Waals surface area contributed by atoms with Gasteiger partial charge in [0, 0.05) is 32.0 Å². The number of nitrogens with zero attached hydrogens (tertiary/aromatic N) is 4. The van der Waals surface area contributed by atoms with E-state index in [1.807, 2.05) is 19.1 Å². The van der Waals surface area contributed by atoms with Crippen molar-refractivity contribution >= 4 is 11.5 Å². The minimum atomic E-state index is -0.220. The number of ether oxygens (including phenoxy) is 1. The number of morpholine rings is 1. The highest BCUT2D eigenvalue weighted by Gasteiger charge is 2.17. The first-order valence-electron chi connectivity index (χ1n) is 11.7. The predicted molar refractivity (Wildman–Crippen MR) is 128 cm³/mol. The molecule has 0 spiro atoms. The van der Waals surface area contributed by atoms with Crippen LogP contribution in [0, 0.1) is 17.2 Å². The standard InChI is InChI=1S/C25H30N6O3/c1-18-3-4-19(15-26)5-7-21(18)22-17-29-31(25(22)33)23-8-6-20(16-28-23)24(32)27-9-2-10-30-11-13-34-14-12-30/h5-8,16-17,19,29H,2-4,9-14H2,1H3,(H,27,32). The van der Waals surface area contributed by atoms with Crippen molar-refractivity contribution in [3.8, 4) is 11.9 Å². The zero-order valence-electron chi connectivity index (χ0n) is 19.4. The van der Waals surface area contributed by atoms with Crippen molar-refractivity contribution in [2.24, 2.45) is 5.92 Å². The molecule has 1 unspecified atom stereocenters.